The Kier molecular flexibility index (Phi) is 3.05. The summed E-state index contributed by atoms with van der Waals surface area (Å²) in [6.45, 7) is 0. The molecule has 2 saturated carbocycles. The smallest absolute Gasteiger partial charge is 0.267 e. The lowest BCUT2D eigenvalue weighted by atomic mass is 9.68. The van der Waals surface area contributed by atoms with Crippen molar-refractivity contribution in [3.05, 3.63) is 0 Å². The maximum absolute atomic E-state index is 11.1. The van der Waals surface area contributed by atoms with Crippen LogP contribution >= 0.6 is 0 Å². The maximum Gasteiger partial charge on any atom is 0.267 e. The van der Waals surface area contributed by atoms with Gasteiger partial charge in [-0.3, -0.25) is 4.55 Å². The van der Waals surface area contributed by atoms with Crippen molar-refractivity contribution in [2.24, 2.45) is 17.6 Å². The van der Waals surface area contributed by atoms with Crippen molar-refractivity contribution in [3.63, 3.8) is 0 Å². The zero-order valence-corrected chi connectivity index (χ0v) is 9.62. The highest BCUT2D eigenvalue weighted by molar-refractivity contribution is 7.86. The van der Waals surface area contributed by atoms with E-state index in [2.05, 4.69) is 0 Å². The van der Waals surface area contributed by atoms with E-state index >= 15 is 0 Å². The van der Waals surface area contributed by atoms with Crippen molar-refractivity contribution in [1.29, 1.82) is 0 Å². The Morgan fingerprint density at radius 2 is 1.87 bits per heavy atom. The monoisotopic (exact) mass is 233 g/mol. The predicted molar refractivity (Wildman–Crippen MR) is 58.0 cm³/mol. The van der Waals surface area contributed by atoms with Gasteiger partial charge < -0.3 is 5.73 Å². The van der Waals surface area contributed by atoms with Crippen molar-refractivity contribution in [2.75, 3.05) is 0 Å². The van der Waals surface area contributed by atoms with Crippen LogP contribution in [0.5, 0.6) is 0 Å². The number of rotatable bonds is 1. The van der Waals surface area contributed by atoms with E-state index in [-0.39, 0.29) is 6.04 Å². The van der Waals surface area contributed by atoms with Gasteiger partial charge in [0.15, 0.2) is 0 Å². The zero-order chi connectivity index (χ0) is 11.1. The molecule has 4 atom stereocenters. The molecule has 88 valence electrons. The topological polar surface area (TPSA) is 80.4 Å². The van der Waals surface area contributed by atoms with Gasteiger partial charge in [-0.25, -0.2) is 0 Å². The minimum absolute atomic E-state index is 0.242. The minimum atomic E-state index is -3.83. The third kappa shape index (κ3) is 2.34. The molecule has 2 fully saturated rings. The summed E-state index contributed by atoms with van der Waals surface area (Å²) >= 11 is 0. The third-order valence-electron chi connectivity index (χ3n) is 4.08. The molecule has 0 heterocycles. The van der Waals surface area contributed by atoms with Gasteiger partial charge in [-0.2, -0.15) is 8.42 Å². The van der Waals surface area contributed by atoms with Gasteiger partial charge >= 0.3 is 0 Å². The second-order valence-corrected chi connectivity index (χ2v) is 6.67. The average Bonchev–Trinajstić information content (AvgIpc) is 2.16. The Balaban J connectivity index is 2.06. The molecule has 4 nitrogen and oxygen atoms in total. The Bertz CT molecular complexity index is 328. The molecule has 15 heavy (non-hydrogen) atoms. The van der Waals surface area contributed by atoms with E-state index in [0.717, 1.165) is 25.7 Å². The molecule has 0 spiro atoms. The van der Waals surface area contributed by atoms with Crippen LogP contribution in [0.1, 0.15) is 38.5 Å². The largest absolute Gasteiger partial charge is 0.327 e. The summed E-state index contributed by atoms with van der Waals surface area (Å²) in [5.74, 6) is 0.895. The lowest BCUT2D eigenvalue weighted by Gasteiger charge is -2.41. The van der Waals surface area contributed by atoms with Gasteiger partial charge in [0, 0.05) is 6.04 Å². The van der Waals surface area contributed by atoms with E-state index in [1.807, 2.05) is 0 Å². The number of fused-ring (bicyclic) bond motifs is 1. The lowest BCUT2D eigenvalue weighted by Crippen LogP contribution is -2.44. The highest BCUT2D eigenvalue weighted by atomic mass is 32.2. The molecule has 0 aromatic heterocycles. The van der Waals surface area contributed by atoms with E-state index in [0.29, 0.717) is 24.7 Å². The molecule has 0 bridgehead atoms. The molecule has 2 rings (SSSR count). The summed E-state index contributed by atoms with van der Waals surface area (Å²) in [6, 6.07) is 0.242. The van der Waals surface area contributed by atoms with E-state index in [9.17, 15) is 8.42 Å². The molecule has 5 heteroatoms. The summed E-state index contributed by atoms with van der Waals surface area (Å²) in [5.41, 5.74) is 6.03. The highest BCUT2D eigenvalue weighted by Gasteiger charge is 2.39. The first kappa shape index (κ1) is 11.4. The van der Waals surface area contributed by atoms with Gasteiger partial charge in [-0.1, -0.05) is 12.8 Å². The Labute approximate surface area is 91.0 Å². The van der Waals surface area contributed by atoms with Crippen LogP contribution in [0.25, 0.3) is 0 Å². The van der Waals surface area contributed by atoms with E-state index in [1.165, 1.54) is 0 Å². The van der Waals surface area contributed by atoms with E-state index < -0.39 is 15.4 Å². The van der Waals surface area contributed by atoms with Crippen LogP contribution in [0.3, 0.4) is 0 Å². The van der Waals surface area contributed by atoms with Crippen molar-refractivity contribution < 1.29 is 13.0 Å². The standard InChI is InChI=1S/C10H19NO3S/c11-10-3-1-2-7-6-8(15(12,13)14)4-5-9(7)10/h7-10H,1-6,11H2,(H,12,13,14). The molecule has 0 saturated heterocycles. The van der Waals surface area contributed by atoms with Crippen LogP contribution in [0.2, 0.25) is 0 Å². The highest BCUT2D eigenvalue weighted by Crippen LogP contribution is 2.41. The van der Waals surface area contributed by atoms with Gasteiger partial charge in [0.1, 0.15) is 0 Å². The lowest BCUT2D eigenvalue weighted by molar-refractivity contribution is 0.146. The number of hydrogen-bond donors (Lipinski definition) is 2. The second-order valence-electron chi connectivity index (χ2n) is 4.97. The molecular formula is C10H19NO3S. The first-order valence-electron chi connectivity index (χ1n) is 5.70. The second kappa shape index (κ2) is 4.03. The first-order valence-corrected chi connectivity index (χ1v) is 7.20. The summed E-state index contributed by atoms with van der Waals surface area (Å²) in [7, 11) is -3.83. The molecule has 0 radical (unpaired) electrons. The van der Waals surface area contributed by atoms with Crippen LogP contribution in [0.15, 0.2) is 0 Å². The summed E-state index contributed by atoms with van der Waals surface area (Å²) in [6.07, 6.45) is 5.28. The summed E-state index contributed by atoms with van der Waals surface area (Å²) < 4.78 is 31.2. The van der Waals surface area contributed by atoms with Gasteiger partial charge in [-0.15, -0.1) is 0 Å². The van der Waals surface area contributed by atoms with Gasteiger partial charge in [-0.05, 0) is 37.5 Å². The van der Waals surface area contributed by atoms with Gasteiger partial charge in [0.2, 0.25) is 0 Å². The normalized spacial score (nSPS) is 42.3. The number of nitrogens with two attached hydrogens (primary N) is 1. The Morgan fingerprint density at radius 1 is 1.13 bits per heavy atom. The van der Waals surface area contributed by atoms with Crippen LogP contribution in [0.4, 0.5) is 0 Å². The minimum Gasteiger partial charge on any atom is -0.327 e. The molecule has 0 aromatic rings. The van der Waals surface area contributed by atoms with Crippen molar-refractivity contribution in [1.82, 2.24) is 0 Å². The Morgan fingerprint density at radius 3 is 2.53 bits per heavy atom. The molecule has 3 N–H and O–H groups in total. The van der Waals surface area contributed by atoms with E-state index in [1.54, 1.807) is 0 Å². The first-order chi connectivity index (χ1) is 6.98. The molecule has 0 aromatic carbocycles. The maximum atomic E-state index is 11.1. The molecule has 0 aliphatic heterocycles. The van der Waals surface area contributed by atoms with Crippen molar-refractivity contribution in [2.45, 2.75) is 49.8 Å². The quantitative estimate of drug-likeness (QED) is 0.666. The molecule has 0 amide bonds. The summed E-state index contributed by atoms with van der Waals surface area (Å²) in [5, 5.41) is -0.538. The van der Waals surface area contributed by atoms with Crippen molar-refractivity contribution >= 4 is 10.1 Å². The van der Waals surface area contributed by atoms with Crippen LogP contribution < -0.4 is 5.73 Å². The fourth-order valence-electron chi connectivity index (χ4n) is 3.24. The van der Waals surface area contributed by atoms with Gasteiger partial charge in [0.25, 0.3) is 10.1 Å². The van der Waals surface area contributed by atoms with Crippen LogP contribution in [-0.4, -0.2) is 24.3 Å². The fraction of sp³-hybridized carbons (Fsp3) is 1.00. The fourth-order valence-corrected chi connectivity index (χ4v) is 4.16. The molecule has 4 unspecified atom stereocenters. The summed E-state index contributed by atoms with van der Waals surface area (Å²) in [4.78, 5) is 0. The predicted octanol–water partition coefficient (Wildman–Crippen LogP) is 1.17. The third-order valence-corrected chi connectivity index (χ3v) is 5.35. The molecule has 2 aliphatic carbocycles. The molecular weight excluding hydrogens is 214 g/mol. The van der Waals surface area contributed by atoms with Gasteiger partial charge in [0.05, 0.1) is 5.25 Å². The number of hydrogen-bond acceptors (Lipinski definition) is 3. The van der Waals surface area contributed by atoms with Crippen LogP contribution in [-0.2, 0) is 10.1 Å². The van der Waals surface area contributed by atoms with E-state index in [4.69, 9.17) is 10.3 Å². The van der Waals surface area contributed by atoms with Crippen molar-refractivity contribution in [3.8, 4) is 0 Å². The Hall–Kier alpha value is -0.130. The van der Waals surface area contributed by atoms with Crippen LogP contribution in [0, 0.1) is 11.8 Å². The average molecular weight is 233 g/mol. The zero-order valence-electron chi connectivity index (χ0n) is 8.80. The SMILES string of the molecule is NC1CCCC2CC(S(=O)(=O)O)CCC12. The molecule has 2 aliphatic rings.